The van der Waals surface area contributed by atoms with Gasteiger partial charge in [-0.2, -0.15) is 8.78 Å². The van der Waals surface area contributed by atoms with Gasteiger partial charge in [-0.1, -0.05) is 43.7 Å². The second-order valence-electron chi connectivity index (χ2n) is 8.27. The Morgan fingerprint density at radius 3 is 1.68 bits per heavy atom. The molecule has 0 fully saturated rings. The summed E-state index contributed by atoms with van der Waals surface area (Å²) in [5, 5.41) is 0. The average Bonchev–Trinajstić information content (AvgIpc) is 2.80. The van der Waals surface area contributed by atoms with Gasteiger partial charge < -0.3 is 4.74 Å². The molecule has 1 nitrogen and oxygen atoms in total. The summed E-state index contributed by atoms with van der Waals surface area (Å²) in [6, 6.07) is 10.9. The summed E-state index contributed by atoms with van der Waals surface area (Å²) in [5.41, 5.74) is -1.58. The SMILES string of the molecule is CCCc1ccc(-c2cc(F)c(C(F)(F)Oc3cc(F)c(-c4ccc(F)c(F)c4)c(F)c3)c(F)c2)cc1. The highest BCUT2D eigenvalue weighted by Crippen LogP contribution is 2.39. The molecule has 0 spiro atoms. The summed E-state index contributed by atoms with van der Waals surface area (Å²) in [4.78, 5) is 0. The Balaban J connectivity index is 1.64. The molecule has 4 aromatic rings. The van der Waals surface area contributed by atoms with E-state index in [1.807, 2.05) is 6.92 Å². The average molecular weight is 522 g/mol. The zero-order valence-corrected chi connectivity index (χ0v) is 19.2. The molecule has 0 aliphatic carbocycles. The molecule has 0 heterocycles. The Bertz CT molecular complexity index is 1400. The lowest BCUT2D eigenvalue weighted by Gasteiger charge is -2.20. The first-order chi connectivity index (χ1) is 17.5. The number of benzene rings is 4. The summed E-state index contributed by atoms with van der Waals surface area (Å²) in [5.74, 6) is -9.86. The molecule has 0 aliphatic rings. The molecule has 0 amide bonds. The van der Waals surface area contributed by atoms with E-state index in [1.54, 1.807) is 24.3 Å². The monoisotopic (exact) mass is 522 g/mol. The summed E-state index contributed by atoms with van der Waals surface area (Å²) >= 11 is 0. The molecular formula is C28H18F8O. The first-order valence-electron chi connectivity index (χ1n) is 11.1. The molecule has 192 valence electrons. The van der Waals surface area contributed by atoms with Crippen molar-refractivity contribution in [1.29, 1.82) is 0 Å². The topological polar surface area (TPSA) is 9.23 Å². The van der Waals surface area contributed by atoms with Gasteiger partial charge in [-0.3, -0.25) is 0 Å². The van der Waals surface area contributed by atoms with Crippen LogP contribution in [0.4, 0.5) is 35.1 Å². The summed E-state index contributed by atoms with van der Waals surface area (Å²) in [6.07, 6.45) is -2.96. The quantitative estimate of drug-likeness (QED) is 0.220. The lowest BCUT2D eigenvalue weighted by molar-refractivity contribution is -0.189. The van der Waals surface area contributed by atoms with Crippen LogP contribution in [-0.4, -0.2) is 0 Å². The van der Waals surface area contributed by atoms with Gasteiger partial charge in [0.05, 0.1) is 5.56 Å². The maximum atomic E-state index is 14.8. The highest BCUT2D eigenvalue weighted by atomic mass is 19.3. The van der Waals surface area contributed by atoms with E-state index in [9.17, 15) is 35.1 Å². The van der Waals surface area contributed by atoms with Crippen molar-refractivity contribution in [2.45, 2.75) is 25.9 Å². The molecule has 0 aliphatic heterocycles. The van der Waals surface area contributed by atoms with Gasteiger partial charge >= 0.3 is 6.11 Å². The Labute approximate surface area is 207 Å². The van der Waals surface area contributed by atoms with Crippen molar-refractivity contribution >= 4 is 0 Å². The van der Waals surface area contributed by atoms with E-state index >= 15 is 0 Å². The van der Waals surface area contributed by atoms with Crippen molar-refractivity contribution in [3.63, 3.8) is 0 Å². The predicted octanol–water partition coefficient (Wildman–Crippen LogP) is 8.94. The van der Waals surface area contributed by atoms with Crippen molar-refractivity contribution in [1.82, 2.24) is 0 Å². The van der Waals surface area contributed by atoms with Crippen molar-refractivity contribution < 1.29 is 39.9 Å². The molecule has 0 bridgehead atoms. The Morgan fingerprint density at radius 2 is 1.14 bits per heavy atom. The third-order valence-electron chi connectivity index (χ3n) is 5.63. The highest BCUT2D eigenvalue weighted by molar-refractivity contribution is 5.66. The second-order valence-corrected chi connectivity index (χ2v) is 8.27. The van der Waals surface area contributed by atoms with Gasteiger partial charge in [0.2, 0.25) is 0 Å². The molecule has 0 saturated carbocycles. The number of ether oxygens (including phenoxy) is 1. The number of aryl methyl sites for hydroxylation is 1. The van der Waals surface area contributed by atoms with Crippen LogP contribution < -0.4 is 4.74 Å². The highest BCUT2D eigenvalue weighted by Gasteiger charge is 2.41. The van der Waals surface area contributed by atoms with Gasteiger partial charge in [-0.25, -0.2) is 26.3 Å². The van der Waals surface area contributed by atoms with Crippen LogP contribution in [0.15, 0.2) is 66.7 Å². The molecule has 0 aromatic heterocycles. The smallest absolute Gasteiger partial charge is 0.429 e. The van der Waals surface area contributed by atoms with Crippen LogP contribution in [0.2, 0.25) is 0 Å². The molecule has 0 atom stereocenters. The van der Waals surface area contributed by atoms with Gasteiger partial charge in [0.1, 0.15) is 34.6 Å². The first-order valence-corrected chi connectivity index (χ1v) is 11.1. The van der Waals surface area contributed by atoms with Gasteiger partial charge in [-0.05, 0) is 52.9 Å². The van der Waals surface area contributed by atoms with Crippen molar-refractivity contribution in [2.75, 3.05) is 0 Å². The van der Waals surface area contributed by atoms with Crippen LogP contribution in [0.5, 0.6) is 5.75 Å². The van der Waals surface area contributed by atoms with Crippen LogP contribution in [0, 0.1) is 34.9 Å². The molecule has 37 heavy (non-hydrogen) atoms. The van der Waals surface area contributed by atoms with Gasteiger partial charge in [0.25, 0.3) is 0 Å². The van der Waals surface area contributed by atoms with Crippen molar-refractivity contribution in [3.8, 4) is 28.0 Å². The van der Waals surface area contributed by atoms with Crippen LogP contribution in [0.25, 0.3) is 22.3 Å². The zero-order valence-electron chi connectivity index (χ0n) is 19.2. The zero-order chi connectivity index (χ0) is 26.9. The van der Waals surface area contributed by atoms with E-state index in [0.717, 1.165) is 24.5 Å². The fourth-order valence-electron chi connectivity index (χ4n) is 3.91. The molecule has 0 unspecified atom stereocenters. The fraction of sp³-hybridized carbons (Fsp3) is 0.143. The van der Waals surface area contributed by atoms with Crippen molar-refractivity contribution in [3.05, 3.63) is 113 Å². The summed E-state index contributed by atoms with van der Waals surface area (Å²) in [7, 11) is 0. The number of hydrogen-bond acceptors (Lipinski definition) is 1. The molecule has 4 aromatic carbocycles. The standard InChI is InChI=1S/C28H18F8O/c1-2-3-15-4-6-16(7-5-15)18-11-24(33)27(25(34)12-18)28(35,36)37-19-13-22(31)26(23(32)14-19)17-8-9-20(29)21(30)10-17/h4-14H,2-3H2,1H3. The number of rotatable bonds is 7. The molecule has 9 heteroatoms. The van der Waals surface area contributed by atoms with Crippen LogP contribution in [-0.2, 0) is 12.5 Å². The van der Waals surface area contributed by atoms with E-state index in [2.05, 4.69) is 4.74 Å². The largest absolute Gasteiger partial charge is 0.432 e. The molecule has 0 N–H and O–H groups in total. The van der Waals surface area contributed by atoms with Gasteiger partial charge in [0, 0.05) is 12.1 Å². The summed E-state index contributed by atoms with van der Waals surface area (Å²) < 4.78 is 119. The Hall–Kier alpha value is -3.88. The van der Waals surface area contributed by atoms with Gasteiger partial charge in [0.15, 0.2) is 11.6 Å². The molecular weight excluding hydrogens is 504 g/mol. The summed E-state index contributed by atoms with van der Waals surface area (Å²) in [6.45, 7) is 1.99. The second kappa shape index (κ2) is 10.2. The lowest BCUT2D eigenvalue weighted by Crippen LogP contribution is -2.25. The van der Waals surface area contributed by atoms with Crippen molar-refractivity contribution in [2.24, 2.45) is 0 Å². The van der Waals surface area contributed by atoms with Crippen LogP contribution >= 0.6 is 0 Å². The number of halogens is 8. The van der Waals surface area contributed by atoms with E-state index < -0.39 is 63.5 Å². The predicted molar refractivity (Wildman–Crippen MR) is 122 cm³/mol. The van der Waals surface area contributed by atoms with E-state index in [1.165, 1.54) is 0 Å². The molecule has 0 radical (unpaired) electrons. The molecule has 0 saturated heterocycles. The minimum absolute atomic E-state index is 0.00516. The van der Waals surface area contributed by atoms with Gasteiger partial charge in [-0.15, -0.1) is 0 Å². The molecule has 4 rings (SSSR count). The van der Waals surface area contributed by atoms with Crippen LogP contribution in [0.3, 0.4) is 0 Å². The maximum absolute atomic E-state index is 14.8. The third-order valence-corrected chi connectivity index (χ3v) is 5.63. The normalized spacial score (nSPS) is 11.6. The fourth-order valence-corrected chi connectivity index (χ4v) is 3.91. The Kier molecular flexibility index (Phi) is 7.25. The minimum atomic E-state index is -4.65. The lowest BCUT2D eigenvalue weighted by atomic mass is 10.00. The minimum Gasteiger partial charge on any atom is -0.429 e. The van der Waals surface area contributed by atoms with Crippen LogP contribution in [0.1, 0.15) is 24.5 Å². The van der Waals surface area contributed by atoms with E-state index in [-0.39, 0.29) is 5.56 Å². The number of alkyl halides is 2. The first kappa shape index (κ1) is 26.2. The maximum Gasteiger partial charge on any atom is 0.432 e. The Morgan fingerprint density at radius 1 is 0.595 bits per heavy atom. The van der Waals surface area contributed by atoms with E-state index in [0.29, 0.717) is 42.0 Å². The third kappa shape index (κ3) is 5.45. The van der Waals surface area contributed by atoms with E-state index in [4.69, 9.17) is 0 Å². The number of hydrogen-bond donors (Lipinski definition) is 0.